The molecule has 1 aliphatic rings. The molecule has 1 aliphatic heterocycles. The molecule has 4 nitrogen and oxygen atoms in total. The van der Waals surface area contributed by atoms with Gasteiger partial charge in [-0.1, -0.05) is 24.9 Å². The summed E-state index contributed by atoms with van der Waals surface area (Å²) in [6, 6.07) is 11.5. The van der Waals surface area contributed by atoms with E-state index in [9.17, 15) is 4.79 Å². The Labute approximate surface area is 156 Å². The zero-order valence-electron chi connectivity index (χ0n) is 14.8. The van der Waals surface area contributed by atoms with Gasteiger partial charge in [0.1, 0.15) is 11.3 Å². The Bertz CT molecular complexity index is 1020. The Morgan fingerprint density at radius 3 is 2.69 bits per heavy atom. The zero-order valence-corrected chi connectivity index (χ0v) is 15.6. The van der Waals surface area contributed by atoms with Gasteiger partial charge < -0.3 is 14.1 Å². The van der Waals surface area contributed by atoms with E-state index in [1.807, 2.05) is 31.2 Å². The van der Waals surface area contributed by atoms with Gasteiger partial charge >= 0.3 is 5.63 Å². The largest absolute Gasteiger partial charge is 0.472 e. The van der Waals surface area contributed by atoms with Gasteiger partial charge in [0.05, 0.1) is 0 Å². The summed E-state index contributed by atoms with van der Waals surface area (Å²) >= 11 is 5.99. The van der Waals surface area contributed by atoms with E-state index < -0.39 is 0 Å². The second kappa shape index (κ2) is 6.69. The fourth-order valence-electron chi connectivity index (χ4n) is 3.58. The van der Waals surface area contributed by atoms with E-state index in [2.05, 4.69) is 17.9 Å². The molecule has 0 atom stereocenters. The number of fused-ring (bicyclic) bond motifs is 2. The first-order valence-electron chi connectivity index (χ1n) is 8.79. The van der Waals surface area contributed by atoms with Crippen LogP contribution in [0, 0.1) is 6.92 Å². The number of ether oxygens (including phenoxy) is 1. The molecule has 4 rings (SSSR count). The van der Waals surface area contributed by atoms with Gasteiger partial charge in [0, 0.05) is 39.8 Å². The summed E-state index contributed by atoms with van der Waals surface area (Å²) in [5.74, 6) is 0.819. The third-order valence-electron chi connectivity index (χ3n) is 4.81. The van der Waals surface area contributed by atoms with Gasteiger partial charge in [-0.25, -0.2) is 4.79 Å². The molecule has 3 aromatic rings. The zero-order chi connectivity index (χ0) is 18.3. The predicted molar refractivity (Wildman–Crippen MR) is 104 cm³/mol. The fraction of sp³-hybridized carbons (Fsp3) is 0.286. The summed E-state index contributed by atoms with van der Waals surface area (Å²) in [5.41, 5.74) is 4.42. The van der Waals surface area contributed by atoms with Crippen LogP contribution in [0.25, 0.3) is 11.0 Å². The lowest BCUT2D eigenvalue weighted by molar-refractivity contribution is 0.287. The van der Waals surface area contributed by atoms with Crippen molar-refractivity contribution in [2.45, 2.75) is 33.2 Å². The second-order valence-corrected chi connectivity index (χ2v) is 7.09. The van der Waals surface area contributed by atoms with Crippen LogP contribution in [-0.2, 0) is 13.0 Å². The number of anilines is 1. The molecule has 134 valence electrons. The quantitative estimate of drug-likeness (QED) is 0.605. The lowest BCUT2D eigenvalue weighted by Crippen LogP contribution is -2.32. The molecule has 1 aromatic heterocycles. The number of halogens is 1. The third kappa shape index (κ3) is 2.95. The molecule has 0 bridgehead atoms. The van der Waals surface area contributed by atoms with Crippen LogP contribution < -0.4 is 15.3 Å². The summed E-state index contributed by atoms with van der Waals surface area (Å²) in [4.78, 5) is 14.1. The van der Waals surface area contributed by atoms with Gasteiger partial charge in [-0.3, -0.25) is 0 Å². The first-order valence-corrected chi connectivity index (χ1v) is 9.17. The van der Waals surface area contributed by atoms with Gasteiger partial charge in [0.2, 0.25) is 0 Å². The number of benzene rings is 2. The van der Waals surface area contributed by atoms with E-state index in [0.717, 1.165) is 52.9 Å². The van der Waals surface area contributed by atoms with Crippen molar-refractivity contribution >= 4 is 28.3 Å². The van der Waals surface area contributed by atoms with Crippen LogP contribution in [-0.4, -0.2) is 6.73 Å². The number of hydrogen-bond acceptors (Lipinski definition) is 4. The Balaban J connectivity index is 1.81. The van der Waals surface area contributed by atoms with Crippen molar-refractivity contribution < 1.29 is 9.15 Å². The number of nitrogens with zero attached hydrogens (tertiary/aromatic N) is 1. The lowest BCUT2D eigenvalue weighted by atomic mass is 9.98. The standard InChI is InChI=1S/C21H20ClNO3/c1-3-4-14-10-19(24)26-21-13(2)20-15(9-18(14)21)11-23(12-25-20)17-7-5-16(22)6-8-17/h5-10H,3-4,11-12H2,1-2H3. The van der Waals surface area contributed by atoms with E-state index in [1.165, 1.54) is 0 Å². The van der Waals surface area contributed by atoms with E-state index in [1.54, 1.807) is 6.07 Å². The molecule has 0 saturated heterocycles. The SMILES string of the molecule is CCCc1cc(=O)oc2c(C)c3c(cc12)CN(c1ccc(Cl)cc1)CO3. The molecule has 0 radical (unpaired) electrons. The van der Waals surface area contributed by atoms with E-state index >= 15 is 0 Å². The summed E-state index contributed by atoms with van der Waals surface area (Å²) in [6.45, 7) is 5.24. The average molecular weight is 370 g/mol. The molecular weight excluding hydrogens is 350 g/mol. The molecule has 0 fully saturated rings. The highest BCUT2D eigenvalue weighted by atomic mass is 35.5. The van der Waals surface area contributed by atoms with Crippen LogP contribution in [0.4, 0.5) is 5.69 Å². The van der Waals surface area contributed by atoms with Crippen molar-refractivity contribution in [3.63, 3.8) is 0 Å². The maximum Gasteiger partial charge on any atom is 0.336 e. The normalized spacial score (nSPS) is 13.6. The van der Waals surface area contributed by atoms with Crippen LogP contribution >= 0.6 is 11.6 Å². The molecule has 0 unspecified atom stereocenters. The van der Waals surface area contributed by atoms with Gasteiger partial charge in [0.15, 0.2) is 6.73 Å². The van der Waals surface area contributed by atoms with Crippen LogP contribution in [0.15, 0.2) is 45.6 Å². The Morgan fingerprint density at radius 2 is 1.96 bits per heavy atom. The van der Waals surface area contributed by atoms with Crippen molar-refractivity contribution in [2.24, 2.45) is 0 Å². The molecule has 2 heterocycles. The minimum Gasteiger partial charge on any atom is -0.472 e. The van der Waals surface area contributed by atoms with Gasteiger partial charge in [0.25, 0.3) is 0 Å². The number of rotatable bonds is 3. The van der Waals surface area contributed by atoms with Crippen molar-refractivity contribution in [3.05, 3.63) is 68.5 Å². The van der Waals surface area contributed by atoms with Crippen LogP contribution in [0.2, 0.25) is 5.02 Å². The summed E-state index contributed by atoms with van der Waals surface area (Å²) in [5, 5.41) is 1.72. The molecule has 5 heteroatoms. The van der Waals surface area contributed by atoms with Crippen molar-refractivity contribution in [1.29, 1.82) is 0 Å². The molecule has 0 aliphatic carbocycles. The smallest absolute Gasteiger partial charge is 0.336 e. The highest BCUT2D eigenvalue weighted by Gasteiger charge is 2.23. The first-order chi connectivity index (χ1) is 12.6. The molecule has 0 spiro atoms. The first kappa shape index (κ1) is 17.0. The van der Waals surface area contributed by atoms with E-state index in [0.29, 0.717) is 17.3 Å². The summed E-state index contributed by atoms with van der Waals surface area (Å²) in [7, 11) is 0. The maximum absolute atomic E-state index is 11.9. The summed E-state index contributed by atoms with van der Waals surface area (Å²) < 4.78 is 11.5. The van der Waals surface area contributed by atoms with Crippen molar-refractivity contribution in [1.82, 2.24) is 0 Å². The molecule has 0 amide bonds. The maximum atomic E-state index is 11.9. The molecule has 2 aromatic carbocycles. The van der Waals surface area contributed by atoms with Crippen molar-refractivity contribution in [3.8, 4) is 5.75 Å². The van der Waals surface area contributed by atoms with E-state index in [-0.39, 0.29) is 5.63 Å². The topological polar surface area (TPSA) is 42.7 Å². The van der Waals surface area contributed by atoms with Gasteiger partial charge in [-0.2, -0.15) is 0 Å². The lowest BCUT2D eigenvalue weighted by Gasteiger charge is -2.32. The minimum atomic E-state index is -0.303. The fourth-order valence-corrected chi connectivity index (χ4v) is 3.70. The predicted octanol–water partition coefficient (Wildman–Crippen LogP) is 5.06. The average Bonchev–Trinajstić information content (AvgIpc) is 2.63. The minimum absolute atomic E-state index is 0.303. The Kier molecular flexibility index (Phi) is 4.37. The Morgan fingerprint density at radius 1 is 1.19 bits per heavy atom. The van der Waals surface area contributed by atoms with Crippen molar-refractivity contribution in [2.75, 3.05) is 11.6 Å². The van der Waals surface area contributed by atoms with E-state index in [4.69, 9.17) is 20.8 Å². The summed E-state index contributed by atoms with van der Waals surface area (Å²) in [6.07, 6.45) is 1.82. The number of aryl methyl sites for hydroxylation is 2. The second-order valence-electron chi connectivity index (χ2n) is 6.65. The highest BCUT2D eigenvalue weighted by Crippen LogP contribution is 2.37. The van der Waals surface area contributed by atoms with Crippen LogP contribution in [0.1, 0.15) is 30.0 Å². The highest BCUT2D eigenvalue weighted by molar-refractivity contribution is 6.30. The Hall–Kier alpha value is -2.46. The number of hydrogen-bond donors (Lipinski definition) is 0. The van der Waals surface area contributed by atoms with Gasteiger partial charge in [-0.05, 0) is 49.2 Å². The third-order valence-corrected chi connectivity index (χ3v) is 5.07. The molecule has 0 saturated carbocycles. The molecule has 0 N–H and O–H groups in total. The monoisotopic (exact) mass is 369 g/mol. The van der Waals surface area contributed by atoms with Gasteiger partial charge in [-0.15, -0.1) is 0 Å². The molecular formula is C21H20ClNO3. The van der Waals surface area contributed by atoms with Crippen LogP contribution in [0.5, 0.6) is 5.75 Å². The van der Waals surface area contributed by atoms with Crippen LogP contribution in [0.3, 0.4) is 0 Å². The molecule has 26 heavy (non-hydrogen) atoms.